The predicted octanol–water partition coefficient (Wildman–Crippen LogP) is 1.82. The Hall–Kier alpha value is -0.570. The van der Waals surface area contributed by atoms with Gasteiger partial charge < -0.3 is 10.6 Å². The fourth-order valence-electron chi connectivity index (χ4n) is 2.96. The highest BCUT2D eigenvalue weighted by Gasteiger charge is 2.33. The molecule has 1 heterocycles. The molecule has 1 aliphatic carbocycles. The van der Waals surface area contributed by atoms with Gasteiger partial charge in [0.1, 0.15) is 0 Å². The number of hydrogen-bond acceptors (Lipinski definition) is 2. The molecule has 16 heavy (non-hydrogen) atoms. The SMILES string of the molecule is CC1(C)CCC(NC2CCCCNC2=O)C1. The van der Waals surface area contributed by atoms with Crippen LogP contribution in [0.4, 0.5) is 0 Å². The van der Waals surface area contributed by atoms with Crippen LogP contribution in [0.5, 0.6) is 0 Å². The Morgan fingerprint density at radius 3 is 2.81 bits per heavy atom. The first-order valence-electron chi connectivity index (χ1n) is 6.61. The predicted molar refractivity (Wildman–Crippen MR) is 65.2 cm³/mol. The van der Waals surface area contributed by atoms with Crippen LogP contribution in [0.2, 0.25) is 0 Å². The first-order valence-corrected chi connectivity index (χ1v) is 6.61. The smallest absolute Gasteiger partial charge is 0.237 e. The zero-order valence-electron chi connectivity index (χ0n) is 10.5. The average molecular weight is 224 g/mol. The van der Waals surface area contributed by atoms with Crippen molar-refractivity contribution in [2.75, 3.05) is 6.54 Å². The largest absolute Gasteiger partial charge is 0.355 e. The molecule has 0 aromatic rings. The highest BCUT2D eigenvalue weighted by atomic mass is 16.2. The average Bonchev–Trinajstić information content (AvgIpc) is 2.41. The van der Waals surface area contributed by atoms with E-state index in [0.29, 0.717) is 11.5 Å². The molecule has 0 aromatic heterocycles. The molecule has 0 spiro atoms. The number of nitrogens with one attached hydrogen (secondary N) is 2. The summed E-state index contributed by atoms with van der Waals surface area (Å²) in [5.74, 6) is 0.210. The normalized spacial score (nSPS) is 34.5. The van der Waals surface area contributed by atoms with E-state index in [2.05, 4.69) is 24.5 Å². The number of amides is 1. The number of rotatable bonds is 2. The Balaban J connectivity index is 1.86. The zero-order chi connectivity index (χ0) is 11.6. The molecule has 2 atom stereocenters. The summed E-state index contributed by atoms with van der Waals surface area (Å²) >= 11 is 0. The van der Waals surface area contributed by atoms with Crippen molar-refractivity contribution in [3.63, 3.8) is 0 Å². The van der Waals surface area contributed by atoms with E-state index in [1.54, 1.807) is 0 Å². The quantitative estimate of drug-likeness (QED) is 0.751. The molecule has 92 valence electrons. The van der Waals surface area contributed by atoms with Crippen LogP contribution in [-0.2, 0) is 4.79 Å². The van der Waals surface area contributed by atoms with Crippen molar-refractivity contribution >= 4 is 5.91 Å². The molecule has 0 bridgehead atoms. The maximum absolute atomic E-state index is 11.8. The van der Waals surface area contributed by atoms with Crippen molar-refractivity contribution in [1.82, 2.24) is 10.6 Å². The van der Waals surface area contributed by atoms with E-state index in [9.17, 15) is 4.79 Å². The van der Waals surface area contributed by atoms with E-state index in [1.165, 1.54) is 19.3 Å². The lowest BCUT2D eigenvalue weighted by Gasteiger charge is -2.22. The van der Waals surface area contributed by atoms with Crippen molar-refractivity contribution < 1.29 is 4.79 Å². The Bertz CT molecular complexity index is 263. The third-order valence-corrected chi connectivity index (χ3v) is 3.94. The van der Waals surface area contributed by atoms with Gasteiger partial charge in [-0.3, -0.25) is 4.79 Å². The second-order valence-corrected chi connectivity index (χ2v) is 6.11. The summed E-state index contributed by atoms with van der Waals surface area (Å²) < 4.78 is 0. The first kappa shape index (κ1) is 11.9. The summed E-state index contributed by atoms with van der Waals surface area (Å²) in [6, 6.07) is 0.602. The molecule has 0 radical (unpaired) electrons. The Labute approximate surface area is 98.4 Å². The second-order valence-electron chi connectivity index (χ2n) is 6.11. The summed E-state index contributed by atoms with van der Waals surface area (Å²) in [5, 5.41) is 6.54. The molecule has 2 fully saturated rings. The van der Waals surface area contributed by atoms with Gasteiger partial charge in [0.15, 0.2) is 0 Å². The van der Waals surface area contributed by atoms with Gasteiger partial charge in [-0.05, 0) is 43.9 Å². The highest BCUT2D eigenvalue weighted by Crippen LogP contribution is 2.37. The number of hydrogen-bond donors (Lipinski definition) is 2. The van der Waals surface area contributed by atoms with Crippen molar-refractivity contribution in [2.24, 2.45) is 5.41 Å². The molecule has 3 heteroatoms. The van der Waals surface area contributed by atoms with Crippen LogP contribution in [-0.4, -0.2) is 24.5 Å². The van der Waals surface area contributed by atoms with E-state index in [-0.39, 0.29) is 11.9 Å². The van der Waals surface area contributed by atoms with E-state index in [1.807, 2.05) is 0 Å². The van der Waals surface area contributed by atoms with E-state index >= 15 is 0 Å². The molecule has 2 aliphatic rings. The van der Waals surface area contributed by atoms with E-state index < -0.39 is 0 Å². The molecule has 1 aliphatic heterocycles. The third-order valence-electron chi connectivity index (χ3n) is 3.94. The molecule has 2 unspecified atom stereocenters. The molecule has 2 N–H and O–H groups in total. The molecular weight excluding hydrogens is 200 g/mol. The van der Waals surface area contributed by atoms with Gasteiger partial charge in [-0.15, -0.1) is 0 Å². The highest BCUT2D eigenvalue weighted by molar-refractivity contribution is 5.81. The lowest BCUT2D eigenvalue weighted by molar-refractivity contribution is -0.123. The van der Waals surface area contributed by atoms with Crippen LogP contribution in [0.25, 0.3) is 0 Å². The van der Waals surface area contributed by atoms with Crippen LogP contribution in [0.15, 0.2) is 0 Å². The Morgan fingerprint density at radius 2 is 2.12 bits per heavy atom. The van der Waals surface area contributed by atoms with E-state index in [4.69, 9.17) is 0 Å². The van der Waals surface area contributed by atoms with Crippen LogP contribution in [0.3, 0.4) is 0 Å². The van der Waals surface area contributed by atoms with Crippen LogP contribution < -0.4 is 10.6 Å². The van der Waals surface area contributed by atoms with Crippen molar-refractivity contribution in [3.8, 4) is 0 Å². The molecule has 1 saturated heterocycles. The van der Waals surface area contributed by atoms with Crippen LogP contribution in [0, 0.1) is 5.41 Å². The standard InChI is InChI=1S/C13H24N2O/c1-13(2)7-6-10(9-13)15-11-5-3-4-8-14-12(11)16/h10-11,15H,3-9H2,1-2H3,(H,14,16). The summed E-state index contributed by atoms with van der Waals surface area (Å²) in [6.07, 6.45) is 6.99. The van der Waals surface area contributed by atoms with Crippen LogP contribution >= 0.6 is 0 Å². The lowest BCUT2D eigenvalue weighted by Crippen LogP contribution is -2.46. The molecule has 1 saturated carbocycles. The fourth-order valence-corrected chi connectivity index (χ4v) is 2.96. The topological polar surface area (TPSA) is 41.1 Å². The van der Waals surface area contributed by atoms with Gasteiger partial charge in [-0.2, -0.15) is 0 Å². The first-order chi connectivity index (χ1) is 7.57. The van der Waals surface area contributed by atoms with Gasteiger partial charge in [0.25, 0.3) is 0 Å². The maximum atomic E-state index is 11.8. The van der Waals surface area contributed by atoms with Gasteiger partial charge in [-0.1, -0.05) is 13.8 Å². The fraction of sp³-hybridized carbons (Fsp3) is 0.923. The molecule has 2 rings (SSSR count). The number of carbonyl (C=O) groups is 1. The van der Waals surface area contributed by atoms with Crippen molar-refractivity contribution in [2.45, 2.75) is 64.5 Å². The summed E-state index contributed by atoms with van der Waals surface area (Å²) in [5.41, 5.74) is 0.457. The Kier molecular flexibility index (Phi) is 3.53. The van der Waals surface area contributed by atoms with Gasteiger partial charge in [-0.25, -0.2) is 0 Å². The molecular formula is C13H24N2O. The minimum Gasteiger partial charge on any atom is -0.355 e. The minimum atomic E-state index is 0.0569. The minimum absolute atomic E-state index is 0.0569. The Morgan fingerprint density at radius 1 is 1.31 bits per heavy atom. The monoisotopic (exact) mass is 224 g/mol. The van der Waals surface area contributed by atoms with Gasteiger partial charge in [0, 0.05) is 12.6 Å². The van der Waals surface area contributed by atoms with Gasteiger partial charge in [0.2, 0.25) is 5.91 Å². The van der Waals surface area contributed by atoms with Crippen molar-refractivity contribution in [3.05, 3.63) is 0 Å². The molecule has 3 nitrogen and oxygen atoms in total. The lowest BCUT2D eigenvalue weighted by atomic mass is 9.91. The third kappa shape index (κ3) is 2.97. The van der Waals surface area contributed by atoms with E-state index in [0.717, 1.165) is 25.8 Å². The molecule has 1 amide bonds. The van der Waals surface area contributed by atoms with Crippen LogP contribution in [0.1, 0.15) is 52.4 Å². The molecule has 0 aromatic carbocycles. The van der Waals surface area contributed by atoms with Gasteiger partial charge >= 0.3 is 0 Å². The summed E-state index contributed by atoms with van der Waals surface area (Å²) in [6.45, 7) is 5.50. The summed E-state index contributed by atoms with van der Waals surface area (Å²) in [7, 11) is 0. The maximum Gasteiger partial charge on any atom is 0.237 e. The number of carbonyl (C=O) groups excluding carboxylic acids is 1. The van der Waals surface area contributed by atoms with Crippen molar-refractivity contribution in [1.29, 1.82) is 0 Å². The van der Waals surface area contributed by atoms with Gasteiger partial charge in [0.05, 0.1) is 6.04 Å². The second kappa shape index (κ2) is 4.74. The summed E-state index contributed by atoms with van der Waals surface area (Å²) in [4.78, 5) is 11.8. The zero-order valence-corrected chi connectivity index (χ0v) is 10.5.